The number of nitro benzene ring substituents is 1. The number of rotatable bonds is 2. The molecule has 10 heteroatoms. The quantitative estimate of drug-likeness (QED) is 0.639. The molecular formula is C12H10F3N3O4. The Kier molecular flexibility index (Phi) is 3.57. The minimum absolute atomic E-state index is 0.0125. The number of non-ortho nitro benzene ring substituents is 1. The second kappa shape index (κ2) is 4.98. The minimum atomic E-state index is -5.14. The fourth-order valence-corrected chi connectivity index (χ4v) is 1.96. The third-order valence-electron chi connectivity index (χ3n) is 2.97. The van der Waals surface area contributed by atoms with Gasteiger partial charge in [0.1, 0.15) is 0 Å². The van der Waals surface area contributed by atoms with Crippen molar-refractivity contribution in [1.82, 2.24) is 10.4 Å². The number of carbonyl (C=O) groups excluding carboxylic acids is 1. The Balaban J connectivity index is 2.41. The highest BCUT2D eigenvalue weighted by Gasteiger charge is 2.61. The molecule has 1 aromatic carbocycles. The molecule has 1 amide bonds. The number of benzene rings is 1. The zero-order valence-electron chi connectivity index (χ0n) is 11.1. The monoisotopic (exact) mass is 317 g/mol. The van der Waals surface area contributed by atoms with Gasteiger partial charge >= 0.3 is 6.18 Å². The predicted molar refractivity (Wildman–Crippen MR) is 67.2 cm³/mol. The Hall–Kier alpha value is -2.62. The first-order chi connectivity index (χ1) is 10.1. The van der Waals surface area contributed by atoms with Gasteiger partial charge in [0.2, 0.25) is 0 Å². The van der Waals surface area contributed by atoms with E-state index in [9.17, 15) is 33.2 Å². The normalized spacial score (nSPS) is 21.3. The van der Waals surface area contributed by atoms with Crippen LogP contribution in [0.4, 0.5) is 18.9 Å². The summed E-state index contributed by atoms with van der Waals surface area (Å²) < 4.78 is 39.0. The molecule has 0 bridgehead atoms. The molecule has 0 saturated heterocycles. The fourth-order valence-electron chi connectivity index (χ4n) is 1.96. The molecule has 0 radical (unpaired) electrons. The van der Waals surface area contributed by atoms with Crippen molar-refractivity contribution in [3.8, 4) is 0 Å². The maximum Gasteiger partial charge on any atom is 0.442 e. The zero-order chi connectivity index (χ0) is 16.7. The van der Waals surface area contributed by atoms with E-state index < -0.39 is 28.4 Å². The van der Waals surface area contributed by atoms with Gasteiger partial charge in [0.15, 0.2) is 0 Å². The third-order valence-corrected chi connectivity index (χ3v) is 2.97. The second-order valence-electron chi connectivity index (χ2n) is 4.61. The number of alkyl halides is 3. The van der Waals surface area contributed by atoms with E-state index in [-0.39, 0.29) is 16.3 Å². The third kappa shape index (κ3) is 2.48. The van der Waals surface area contributed by atoms with Crippen molar-refractivity contribution in [1.29, 1.82) is 0 Å². The molecule has 1 aromatic rings. The van der Waals surface area contributed by atoms with E-state index in [1.54, 1.807) is 0 Å². The molecule has 1 heterocycles. The highest BCUT2D eigenvalue weighted by Crippen LogP contribution is 2.38. The van der Waals surface area contributed by atoms with E-state index in [4.69, 9.17) is 0 Å². The summed E-state index contributed by atoms with van der Waals surface area (Å²) >= 11 is 0. The average Bonchev–Trinajstić information content (AvgIpc) is 2.74. The van der Waals surface area contributed by atoms with Crippen LogP contribution < -0.4 is 5.43 Å². The van der Waals surface area contributed by atoms with Crippen molar-refractivity contribution in [2.24, 2.45) is 0 Å². The lowest BCUT2D eigenvalue weighted by Gasteiger charge is -2.33. The molecule has 0 saturated carbocycles. The molecule has 7 nitrogen and oxygen atoms in total. The molecule has 0 aromatic heterocycles. The van der Waals surface area contributed by atoms with Crippen molar-refractivity contribution < 1.29 is 28.0 Å². The first kappa shape index (κ1) is 15.8. The van der Waals surface area contributed by atoms with Gasteiger partial charge in [0, 0.05) is 23.4 Å². The largest absolute Gasteiger partial charge is 0.442 e. The summed E-state index contributed by atoms with van der Waals surface area (Å²) in [5.41, 5.74) is -2.33. The number of nitrogens with zero attached hydrogens (tertiary/aromatic N) is 2. The number of halogens is 3. The molecule has 0 fully saturated rings. The van der Waals surface area contributed by atoms with Crippen LogP contribution in [0.2, 0.25) is 0 Å². The number of hydrogen-bond donors (Lipinski definition) is 2. The van der Waals surface area contributed by atoms with E-state index >= 15 is 0 Å². The summed E-state index contributed by atoms with van der Waals surface area (Å²) in [6.07, 6.45) is -4.70. The predicted octanol–water partition coefficient (Wildman–Crippen LogP) is 1.71. The first-order valence-electron chi connectivity index (χ1n) is 5.90. The average molecular weight is 317 g/mol. The lowest BCUT2D eigenvalue weighted by molar-refractivity contribution is -0.384. The van der Waals surface area contributed by atoms with E-state index in [1.807, 2.05) is 0 Å². The van der Waals surface area contributed by atoms with Gasteiger partial charge in [0.05, 0.1) is 4.92 Å². The summed E-state index contributed by atoms with van der Waals surface area (Å²) in [5.74, 6) is -1.25. The van der Waals surface area contributed by atoms with Crippen molar-refractivity contribution in [2.75, 3.05) is 0 Å². The lowest BCUT2D eigenvalue weighted by atomic mass is 10.1. The van der Waals surface area contributed by atoms with Crippen molar-refractivity contribution in [3.63, 3.8) is 0 Å². The molecule has 1 unspecified atom stereocenters. The summed E-state index contributed by atoms with van der Waals surface area (Å²) in [7, 11) is 0. The molecule has 2 N–H and O–H groups in total. The summed E-state index contributed by atoms with van der Waals surface area (Å²) in [6.45, 7) is 1.23. The van der Waals surface area contributed by atoms with Crippen LogP contribution in [-0.4, -0.2) is 32.8 Å². The van der Waals surface area contributed by atoms with E-state index in [2.05, 4.69) is 5.43 Å². The van der Waals surface area contributed by atoms with Crippen LogP contribution in [0.25, 0.3) is 0 Å². The highest BCUT2D eigenvalue weighted by molar-refractivity contribution is 5.95. The van der Waals surface area contributed by atoms with E-state index in [0.29, 0.717) is 6.08 Å². The Morgan fingerprint density at radius 1 is 1.45 bits per heavy atom. The van der Waals surface area contributed by atoms with E-state index in [1.165, 1.54) is 6.92 Å². The number of nitrogens with one attached hydrogen (secondary N) is 1. The smallest absolute Gasteiger partial charge is 0.359 e. The molecular weight excluding hydrogens is 307 g/mol. The number of nitro groups is 1. The Morgan fingerprint density at radius 3 is 2.64 bits per heavy atom. The molecule has 1 aliphatic rings. The maximum atomic E-state index is 13.0. The van der Waals surface area contributed by atoms with Crippen molar-refractivity contribution in [2.45, 2.75) is 18.8 Å². The topological polar surface area (TPSA) is 95.7 Å². The van der Waals surface area contributed by atoms with Crippen LogP contribution in [0.1, 0.15) is 17.3 Å². The second-order valence-corrected chi connectivity index (χ2v) is 4.61. The van der Waals surface area contributed by atoms with Gasteiger partial charge in [-0.25, -0.2) is 5.01 Å². The molecule has 1 atom stereocenters. The number of hydrogen-bond acceptors (Lipinski definition) is 5. The number of aliphatic hydroxyl groups is 1. The number of amides is 1. The van der Waals surface area contributed by atoms with Gasteiger partial charge in [0.25, 0.3) is 17.3 Å². The van der Waals surface area contributed by atoms with Gasteiger partial charge in [-0.15, -0.1) is 0 Å². The van der Waals surface area contributed by atoms with Crippen LogP contribution in [0.3, 0.4) is 0 Å². The lowest BCUT2D eigenvalue weighted by Crippen LogP contribution is -2.60. The molecule has 118 valence electrons. The summed E-state index contributed by atoms with van der Waals surface area (Å²) in [6, 6.07) is 4.19. The molecule has 0 aliphatic carbocycles. The van der Waals surface area contributed by atoms with Crippen LogP contribution >= 0.6 is 0 Å². The maximum absolute atomic E-state index is 13.0. The molecule has 2 rings (SSSR count). The van der Waals surface area contributed by atoms with Crippen LogP contribution in [0.15, 0.2) is 36.0 Å². The number of hydrazine groups is 1. The van der Waals surface area contributed by atoms with Crippen molar-refractivity contribution in [3.05, 3.63) is 51.7 Å². The van der Waals surface area contributed by atoms with E-state index in [0.717, 1.165) is 24.3 Å². The first-order valence-corrected chi connectivity index (χ1v) is 5.90. The van der Waals surface area contributed by atoms with Gasteiger partial charge < -0.3 is 5.11 Å². The Bertz CT molecular complexity index is 674. The molecule has 22 heavy (non-hydrogen) atoms. The SMILES string of the molecule is CC1=CC(O)(C(F)(F)F)N(C(=O)c2cccc([N+](=O)[O-])c2)N1. The number of allylic oxidation sites excluding steroid dienone is 1. The molecule has 0 spiro atoms. The minimum Gasteiger partial charge on any atom is -0.359 e. The summed E-state index contributed by atoms with van der Waals surface area (Å²) in [5, 5.41) is 20.4. The van der Waals surface area contributed by atoms with Crippen LogP contribution in [0.5, 0.6) is 0 Å². The Morgan fingerprint density at radius 2 is 2.09 bits per heavy atom. The summed E-state index contributed by atoms with van der Waals surface area (Å²) in [4.78, 5) is 22.1. The standard InChI is InChI=1S/C12H10F3N3O4/c1-7-6-11(20,12(13,14)15)17(16-7)10(19)8-3-2-4-9(5-8)18(21)22/h2-6,16,20H,1H3. The van der Waals surface area contributed by atoms with Gasteiger partial charge in [-0.1, -0.05) is 6.07 Å². The zero-order valence-corrected chi connectivity index (χ0v) is 11.1. The number of carbonyl (C=O) groups is 1. The van der Waals surface area contributed by atoms with Crippen LogP contribution in [-0.2, 0) is 0 Å². The van der Waals surface area contributed by atoms with Gasteiger partial charge in [-0.3, -0.25) is 20.3 Å². The van der Waals surface area contributed by atoms with Crippen molar-refractivity contribution >= 4 is 11.6 Å². The van der Waals surface area contributed by atoms with Gasteiger partial charge in [-0.2, -0.15) is 13.2 Å². The molecule has 1 aliphatic heterocycles. The van der Waals surface area contributed by atoms with Crippen LogP contribution in [0, 0.1) is 10.1 Å². The fraction of sp³-hybridized carbons (Fsp3) is 0.250. The Labute approximate surface area is 121 Å². The highest BCUT2D eigenvalue weighted by atomic mass is 19.4. The van der Waals surface area contributed by atoms with Gasteiger partial charge in [-0.05, 0) is 19.1 Å².